The topological polar surface area (TPSA) is 58.6 Å². The third-order valence-electron chi connectivity index (χ3n) is 2.74. The summed E-state index contributed by atoms with van der Waals surface area (Å²) in [6.07, 6.45) is 3.61. The minimum absolute atomic E-state index is 0.131. The van der Waals surface area contributed by atoms with Crippen LogP contribution in [0.25, 0.3) is 0 Å². The summed E-state index contributed by atoms with van der Waals surface area (Å²) < 4.78 is 5.31. The molecular weight excluding hydrogens is 337 g/mol. The molecule has 0 atom stereocenters. The van der Waals surface area contributed by atoms with Gasteiger partial charge in [-0.2, -0.15) is 0 Å². The molecule has 1 amide bonds. The Labute approximate surface area is 139 Å². The summed E-state index contributed by atoms with van der Waals surface area (Å²) in [4.78, 5) is 11.6. The van der Waals surface area contributed by atoms with Crippen LogP contribution in [0.15, 0.2) is 12.1 Å². The van der Waals surface area contributed by atoms with Crippen LogP contribution in [0.3, 0.4) is 0 Å². The first-order chi connectivity index (χ1) is 10.0. The maximum atomic E-state index is 11.6. The summed E-state index contributed by atoms with van der Waals surface area (Å²) in [5.74, 6) is 0.100. The van der Waals surface area contributed by atoms with E-state index in [0.29, 0.717) is 27.4 Å². The van der Waals surface area contributed by atoms with E-state index < -0.39 is 0 Å². The van der Waals surface area contributed by atoms with Crippen LogP contribution in [0.2, 0.25) is 15.1 Å². The van der Waals surface area contributed by atoms with E-state index in [1.165, 1.54) is 12.1 Å². The molecule has 0 saturated carbocycles. The van der Waals surface area contributed by atoms with Crippen molar-refractivity contribution in [3.63, 3.8) is 0 Å². The predicted octanol–water partition coefficient (Wildman–Crippen LogP) is 3.69. The van der Waals surface area contributed by atoms with E-state index in [4.69, 9.17) is 44.6 Å². The van der Waals surface area contributed by atoms with Crippen molar-refractivity contribution in [1.82, 2.24) is 5.32 Å². The Hall–Kier alpha value is -0.680. The second-order valence-electron chi connectivity index (χ2n) is 4.47. The van der Waals surface area contributed by atoms with Crippen molar-refractivity contribution in [3.8, 4) is 5.75 Å². The minimum atomic E-state index is -0.223. The highest BCUT2D eigenvalue weighted by Crippen LogP contribution is 2.33. The normalized spacial score (nSPS) is 10.5. The van der Waals surface area contributed by atoms with Gasteiger partial charge >= 0.3 is 0 Å². The molecule has 118 valence electrons. The van der Waals surface area contributed by atoms with E-state index >= 15 is 0 Å². The fourth-order valence-corrected chi connectivity index (χ4v) is 2.22. The van der Waals surface area contributed by atoms with Crippen LogP contribution in [-0.4, -0.2) is 30.8 Å². The minimum Gasteiger partial charge on any atom is -0.482 e. The van der Waals surface area contributed by atoms with Crippen molar-refractivity contribution in [3.05, 3.63) is 27.2 Å². The van der Waals surface area contributed by atoms with Gasteiger partial charge in [0.25, 0.3) is 5.91 Å². The monoisotopic (exact) mass is 353 g/mol. The van der Waals surface area contributed by atoms with Crippen molar-refractivity contribution in [1.29, 1.82) is 0 Å². The molecule has 1 rings (SSSR count). The maximum Gasteiger partial charge on any atom is 0.257 e. The van der Waals surface area contributed by atoms with Crippen LogP contribution in [0.1, 0.15) is 25.7 Å². The predicted molar refractivity (Wildman–Crippen MR) is 85.5 cm³/mol. The lowest BCUT2D eigenvalue weighted by atomic mass is 10.2. The second kappa shape index (κ2) is 10.1. The Morgan fingerprint density at radius 2 is 1.71 bits per heavy atom. The Kier molecular flexibility index (Phi) is 8.85. The van der Waals surface area contributed by atoms with Gasteiger partial charge in [0.1, 0.15) is 5.75 Å². The zero-order valence-electron chi connectivity index (χ0n) is 11.5. The van der Waals surface area contributed by atoms with Gasteiger partial charge < -0.3 is 15.2 Å². The van der Waals surface area contributed by atoms with Gasteiger partial charge in [-0.05, 0) is 18.9 Å². The molecule has 0 aromatic heterocycles. The van der Waals surface area contributed by atoms with Crippen LogP contribution in [-0.2, 0) is 4.79 Å². The lowest BCUT2D eigenvalue weighted by molar-refractivity contribution is -0.123. The van der Waals surface area contributed by atoms with E-state index in [9.17, 15) is 4.79 Å². The van der Waals surface area contributed by atoms with Gasteiger partial charge in [-0.25, -0.2) is 0 Å². The molecule has 0 radical (unpaired) electrons. The van der Waals surface area contributed by atoms with Crippen LogP contribution < -0.4 is 10.1 Å². The van der Waals surface area contributed by atoms with E-state index in [2.05, 4.69) is 5.32 Å². The molecule has 0 fully saturated rings. The Morgan fingerprint density at radius 1 is 1.05 bits per heavy atom. The summed E-state index contributed by atoms with van der Waals surface area (Å²) in [6.45, 7) is 0.668. The fourth-order valence-electron chi connectivity index (χ4n) is 1.63. The first-order valence-electron chi connectivity index (χ1n) is 6.69. The van der Waals surface area contributed by atoms with Crippen LogP contribution in [0, 0.1) is 0 Å². The molecule has 0 aliphatic carbocycles. The standard InChI is InChI=1S/C14H18Cl3NO3/c15-10-7-12(17)13(8-11(10)16)21-9-14(20)18-5-3-1-2-4-6-19/h7-8,19H,1-6,9H2,(H,18,20). The number of rotatable bonds is 9. The third kappa shape index (κ3) is 7.23. The van der Waals surface area contributed by atoms with Crippen molar-refractivity contribution in [2.45, 2.75) is 25.7 Å². The zero-order chi connectivity index (χ0) is 15.7. The summed E-state index contributed by atoms with van der Waals surface area (Å²) >= 11 is 17.6. The highest BCUT2D eigenvalue weighted by Gasteiger charge is 2.09. The number of ether oxygens (including phenoxy) is 1. The van der Waals surface area contributed by atoms with Gasteiger partial charge in [0.05, 0.1) is 15.1 Å². The molecule has 21 heavy (non-hydrogen) atoms. The average molecular weight is 355 g/mol. The summed E-state index contributed by atoms with van der Waals surface area (Å²) in [5.41, 5.74) is 0. The number of benzene rings is 1. The lowest BCUT2D eigenvalue weighted by Crippen LogP contribution is -2.29. The van der Waals surface area contributed by atoms with E-state index in [1.807, 2.05) is 0 Å². The molecule has 7 heteroatoms. The molecule has 4 nitrogen and oxygen atoms in total. The summed E-state index contributed by atoms with van der Waals surface area (Å²) in [6, 6.07) is 2.95. The van der Waals surface area contributed by atoms with Crippen molar-refractivity contribution >= 4 is 40.7 Å². The second-order valence-corrected chi connectivity index (χ2v) is 5.69. The molecule has 0 unspecified atom stereocenters. The van der Waals surface area contributed by atoms with Gasteiger partial charge in [-0.3, -0.25) is 4.79 Å². The average Bonchev–Trinajstić information content (AvgIpc) is 2.45. The van der Waals surface area contributed by atoms with Crippen LogP contribution in [0.4, 0.5) is 0 Å². The molecule has 0 bridgehead atoms. The highest BCUT2D eigenvalue weighted by atomic mass is 35.5. The zero-order valence-corrected chi connectivity index (χ0v) is 13.8. The summed E-state index contributed by atoms with van der Waals surface area (Å²) in [7, 11) is 0. The number of halogens is 3. The van der Waals surface area contributed by atoms with E-state index in [0.717, 1.165) is 25.7 Å². The van der Waals surface area contributed by atoms with Crippen molar-refractivity contribution < 1.29 is 14.6 Å². The molecule has 0 spiro atoms. The number of aliphatic hydroxyl groups excluding tert-OH is 1. The van der Waals surface area contributed by atoms with E-state index in [1.54, 1.807) is 0 Å². The Morgan fingerprint density at radius 3 is 2.43 bits per heavy atom. The SMILES string of the molecule is O=C(COc1cc(Cl)c(Cl)cc1Cl)NCCCCCCO. The molecule has 2 N–H and O–H groups in total. The number of nitrogens with one attached hydrogen (secondary N) is 1. The lowest BCUT2D eigenvalue weighted by Gasteiger charge is -2.09. The fraction of sp³-hybridized carbons (Fsp3) is 0.500. The number of carbonyl (C=O) groups is 1. The molecule has 0 heterocycles. The van der Waals surface area contributed by atoms with Gasteiger partial charge in [-0.15, -0.1) is 0 Å². The van der Waals surface area contributed by atoms with Gasteiger partial charge in [-0.1, -0.05) is 47.6 Å². The van der Waals surface area contributed by atoms with Crippen LogP contribution in [0.5, 0.6) is 5.75 Å². The Bertz CT molecular complexity index is 469. The molecule has 1 aromatic carbocycles. The molecule has 0 aliphatic heterocycles. The van der Waals surface area contributed by atoms with Gasteiger partial charge in [0, 0.05) is 19.2 Å². The number of carbonyl (C=O) groups excluding carboxylic acids is 1. The van der Waals surface area contributed by atoms with Gasteiger partial charge in [0.2, 0.25) is 0 Å². The molecule has 0 saturated heterocycles. The van der Waals surface area contributed by atoms with Crippen LogP contribution >= 0.6 is 34.8 Å². The number of hydrogen-bond acceptors (Lipinski definition) is 3. The molecular formula is C14H18Cl3NO3. The quantitative estimate of drug-likeness (QED) is 0.525. The first-order valence-corrected chi connectivity index (χ1v) is 7.83. The first kappa shape index (κ1) is 18.4. The molecule has 0 aliphatic rings. The van der Waals surface area contributed by atoms with Crippen molar-refractivity contribution in [2.75, 3.05) is 19.8 Å². The number of unbranched alkanes of at least 4 members (excludes halogenated alkanes) is 3. The van der Waals surface area contributed by atoms with Crippen molar-refractivity contribution in [2.24, 2.45) is 0 Å². The largest absolute Gasteiger partial charge is 0.482 e. The van der Waals surface area contributed by atoms with Gasteiger partial charge in [0.15, 0.2) is 6.61 Å². The summed E-state index contributed by atoms with van der Waals surface area (Å²) in [5, 5.41) is 12.3. The Balaban J connectivity index is 2.25. The number of aliphatic hydroxyl groups is 1. The number of hydrogen-bond donors (Lipinski definition) is 2. The maximum absolute atomic E-state index is 11.6. The third-order valence-corrected chi connectivity index (χ3v) is 3.76. The molecule has 1 aromatic rings. The number of amides is 1. The highest BCUT2D eigenvalue weighted by molar-refractivity contribution is 6.43. The smallest absolute Gasteiger partial charge is 0.257 e. The van der Waals surface area contributed by atoms with E-state index in [-0.39, 0.29) is 19.1 Å².